The van der Waals surface area contributed by atoms with E-state index in [-0.39, 0.29) is 35.8 Å². The monoisotopic (exact) mass is 417 g/mol. The zero-order valence-corrected chi connectivity index (χ0v) is 16.4. The van der Waals surface area contributed by atoms with Crippen LogP contribution in [0.15, 0.2) is 29.2 Å². The first-order chi connectivity index (χ1) is 14.3. The molecule has 1 amide bonds. The van der Waals surface area contributed by atoms with Gasteiger partial charge >= 0.3 is 0 Å². The Morgan fingerprint density at radius 1 is 1.23 bits per heavy atom. The van der Waals surface area contributed by atoms with Crippen molar-refractivity contribution in [2.75, 3.05) is 18.6 Å². The Balaban J connectivity index is 1.68. The average molecular weight is 417 g/mol. The fourth-order valence-electron chi connectivity index (χ4n) is 4.14. The van der Waals surface area contributed by atoms with E-state index in [0.717, 1.165) is 31.4 Å². The molecular weight excluding hydrogens is 396 g/mol. The van der Waals surface area contributed by atoms with Crippen LogP contribution in [0.4, 0.5) is 8.78 Å². The van der Waals surface area contributed by atoms with Gasteiger partial charge in [-0.3, -0.25) is 24.1 Å². The molecule has 0 spiro atoms. The van der Waals surface area contributed by atoms with E-state index >= 15 is 0 Å². The second kappa shape index (κ2) is 7.55. The normalized spacial score (nSPS) is 18.2. The standard InChI is InChI=1S/C21H21F2N3O4/c1-24-17-4-2-3-9-25(17)26-11-14(19(28)20(29)18(26)21(24)30)16(27)8-6-12-5-7-13(22)10-15(12)23/h5,7,10-11,17,29H,2-4,6,8-9H2,1H3/t17-/m0/s1. The largest absolute Gasteiger partial charge is 0.502 e. The summed E-state index contributed by atoms with van der Waals surface area (Å²) in [4.78, 5) is 39.6. The molecule has 2 aliphatic heterocycles. The van der Waals surface area contributed by atoms with Crippen molar-refractivity contribution in [3.8, 4) is 5.75 Å². The van der Waals surface area contributed by atoms with Crippen LogP contribution in [0.1, 0.15) is 52.1 Å². The lowest BCUT2D eigenvalue weighted by atomic mass is 10.0. The Labute approximate surface area is 171 Å². The van der Waals surface area contributed by atoms with Crippen molar-refractivity contribution in [2.45, 2.75) is 38.3 Å². The molecule has 4 rings (SSSR count). The summed E-state index contributed by atoms with van der Waals surface area (Å²) in [5.74, 6) is -3.33. The molecule has 1 atom stereocenters. The lowest BCUT2D eigenvalue weighted by molar-refractivity contribution is 0.0591. The van der Waals surface area contributed by atoms with Crippen molar-refractivity contribution < 1.29 is 23.5 Å². The maximum atomic E-state index is 13.8. The number of piperidine rings is 1. The quantitative estimate of drug-likeness (QED) is 0.772. The number of benzene rings is 1. The first-order valence-corrected chi connectivity index (χ1v) is 9.79. The molecule has 0 saturated carbocycles. The van der Waals surface area contributed by atoms with E-state index in [1.165, 1.54) is 21.8 Å². The molecule has 158 valence electrons. The molecule has 0 radical (unpaired) electrons. The number of hydrogen-bond donors (Lipinski definition) is 1. The molecule has 30 heavy (non-hydrogen) atoms. The predicted molar refractivity (Wildman–Crippen MR) is 104 cm³/mol. The molecule has 1 aromatic carbocycles. The molecule has 2 aliphatic rings. The highest BCUT2D eigenvalue weighted by molar-refractivity contribution is 6.00. The molecule has 3 heterocycles. The minimum Gasteiger partial charge on any atom is -0.502 e. The van der Waals surface area contributed by atoms with Crippen LogP contribution in [-0.2, 0) is 6.42 Å². The summed E-state index contributed by atoms with van der Waals surface area (Å²) in [6.07, 6.45) is 3.39. The maximum Gasteiger partial charge on any atom is 0.277 e. The van der Waals surface area contributed by atoms with Crippen LogP contribution in [0.5, 0.6) is 5.75 Å². The van der Waals surface area contributed by atoms with Crippen LogP contribution in [0.2, 0.25) is 0 Å². The Morgan fingerprint density at radius 3 is 2.73 bits per heavy atom. The van der Waals surface area contributed by atoms with E-state index in [2.05, 4.69) is 0 Å². The van der Waals surface area contributed by atoms with Crippen LogP contribution < -0.4 is 10.4 Å². The van der Waals surface area contributed by atoms with Gasteiger partial charge in [-0.1, -0.05) is 6.07 Å². The summed E-state index contributed by atoms with van der Waals surface area (Å²) in [5.41, 5.74) is -1.20. The summed E-state index contributed by atoms with van der Waals surface area (Å²) in [7, 11) is 1.62. The summed E-state index contributed by atoms with van der Waals surface area (Å²) in [6.45, 7) is 0.603. The Morgan fingerprint density at radius 2 is 2.00 bits per heavy atom. The van der Waals surface area contributed by atoms with Gasteiger partial charge in [0.15, 0.2) is 17.2 Å². The number of amides is 1. The first kappa shape index (κ1) is 20.1. The van der Waals surface area contributed by atoms with Crippen molar-refractivity contribution in [2.24, 2.45) is 0 Å². The number of fused-ring (bicyclic) bond motifs is 3. The molecular formula is C21H21F2N3O4. The number of carbonyl (C=O) groups is 2. The molecule has 1 aromatic heterocycles. The number of carbonyl (C=O) groups excluding carboxylic acids is 2. The van der Waals surface area contributed by atoms with E-state index in [4.69, 9.17) is 0 Å². The number of nitrogens with zero attached hydrogens (tertiary/aromatic N) is 3. The van der Waals surface area contributed by atoms with Crippen LogP contribution in [0.3, 0.4) is 0 Å². The van der Waals surface area contributed by atoms with Crippen LogP contribution in [0, 0.1) is 11.6 Å². The lowest BCUT2D eigenvalue weighted by Crippen LogP contribution is -2.61. The van der Waals surface area contributed by atoms with Gasteiger partial charge in [-0.2, -0.15) is 0 Å². The van der Waals surface area contributed by atoms with Crippen molar-refractivity contribution >= 4 is 11.7 Å². The molecule has 7 nitrogen and oxygen atoms in total. The number of hydrogen-bond acceptors (Lipinski definition) is 5. The van der Waals surface area contributed by atoms with E-state index < -0.39 is 34.5 Å². The van der Waals surface area contributed by atoms with Gasteiger partial charge in [-0.25, -0.2) is 8.78 Å². The molecule has 1 saturated heterocycles. The second-order valence-electron chi connectivity index (χ2n) is 7.63. The van der Waals surface area contributed by atoms with Crippen LogP contribution >= 0.6 is 0 Å². The van der Waals surface area contributed by atoms with Gasteiger partial charge in [-0.15, -0.1) is 0 Å². The second-order valence-corrected chi connectivity index (χ2v) is 7.63. The Bertz CT molecular complexity index is 1100. The highest BCUT2D eigenvalue weighted by Crippen LogP contribution is 2.28. The highest BCUT2D eigenvalue weighted by atomic mass is 19.1. The van der Waals surface area contributed by atoms with E-state index in [1.54, 1.807) is 7.05 Å². The van der Waals surface area contributed by atoms with E-state index in [9.17, 15) is 28.3 Å². The van der Waals surface area contributed by atoms with Gasteiger partial charge in [-0.05, 0) is 37.3 Å². The molecule has 0 bridgehead atoms. The third kappa shape index (κ3) is 3.24. The van der Waals surface area contributed by atoms with Crippen molar-refractivity contribution in [3.05, 3.63) is 63.1 Å². The van der Waals surface area contributed by atoms with Gasteiger partial charge in [0, 0.05) is 32.3 Å². The number of aryl methyl sites for hydroxylation is 1. The van der Waals surface area contributed by atoms with Gasteiger partial charge in [0.2, 0.25) is 5.43 Å². The molecule has 2 aromatic rings. The molecule has 9 heteroatoms. The fourth-order valence-corrected chi connectivity index (χ4v) is 4.14. The SMILES string of the molecule is CN1C(=O)c2c(O)c(=O)c(C(=O)CCc3ccc(F)cc3F)cn2N2CCCC[C@@H]12. The topological polar surface area (TPSA) is 82.9 Å². The number of pyridine rings is 1. The Hall–Kier alpha value is -3.23. The first-order valence-electron chi connectivity index (χ1n) is 9.79. The zero-order valence-electron chi connectivity index (χ0n) is 16.4. The number of aromatic hydroxyl groups is 1. The minimum absolute atomic E-state index is 0.0269. The van der Waals surface area contributed by atoms with Crippen molar-refractivity contribution in [3.63, 3.8) is 0 Å². The fraction of sp³-hybridized carbons (Fsp3) is 0.381. The van der Waals surface area contributed by atoms with E-state index in [1.807, 2.05) is 5.01 Å². The minimum atomic E-state index is -0.928. The number of ketones is 1. The van der Waals surface area contributed by atoms with E-state index in [0.29, 0.717) is 6.54 Å². The van der Waals surface area contributed by atoms with Gasteiger partial charge in [0.25, 0.3) is 5.91 Å². The summed E-state index contributed by atoms with van der Waals surface area (Å²) in [6, 6.07) is 3.08. The van der Waals surface area contributed by atoms with Crippen molar-refractivity contribution in [1.29, 1.82) is 0 Å². The molecule has 1 fully saturated rings. The number of rotatable bonds is 4. The van der Waals surface area contributed by atoms with Gasteiger partial charge in [0.1, 0.15) is 17.8 Å². The summed E-state index contributed by atoms with van der Waals surface area (Å²) in [5, 5.41) is 12.3. The number of halogens is 2. The smallest absolute Gasteiger partial charge is 0.277 e. The van der Waals surface area contributed by atoms with Gasteiger partial charge in [0.05, 0.1) is 5.56 Å². The summed E-state index contributed by atoms with van der Waals surface area (Å²) >= 11 is 0. The third-order valence-corrected chi connectivity index (χ3v) is 5.79. The highest BCUT2D eigenvalue weighted by Gasteiger charge is 2.39. The molecule has 0 unspecified atom stereocenters. The molecule has 1 N–H and O–H groups in total. The predicted octanol–water partition coefficient (Wildman–Crippen LogP) is 2.18. The number of aromatic nitrogens is 1. The van der Waals surface area contributed by atoms with Crippen LogP contribution in [0.25, 0.3) is 0 Å². The summed E-state index contributed by atoms with van der Waals surface area (Å²) < 4.78 is 28.3. The maximum absolute atomic E-state index is 13.8. The average Bonchev–Trinajstić information content (AvgIpc) is 2.73. The number of Topliss-reactive ketones (excluding diaryl/α,β-unsaturated/α-hetero) is 1. The third-order valence-electron chi connectivity index (χ3n) is 5.79. The lowest BCUT2D eigenvalue weighted by Gasteiger charge is -2.47. The Kier molecular flexibility index (Phi) is 5.05. The van der Waals surface area contributed by atoms with Crippen molar-refractivity contribution in [1.82, 2.24) is 9.58 Å². The molecule has 0 aliphatic carbocycles. The zero-order chi connectivity index (χ0) is 21.6. The van der Waals surface area contributed by atoms with Gasteiger partial charge < -0.3 is 10.0 Å². The van der Waals surface area contributed by atoms with Crippen LogP contribution in [-0.4, -0.2) is 46.1 Å².